The molecule has 0 spiro atoms. The number of hydrogen-bond acceptors (Lipinski definition) is 5. The molecule has 6 heteroatoms. The summed E-state index contributed by atoms with van der Waals surface area (Å²) in [6, 6.07) is 11.5. The average molecular weight is 327 g/mol. The maximum Gasteiger partial charge on any atom is 0.230 e. The van der Waals surface area contributed by atoms with Crippen molar-refractivity contribution in [3.63, 3.8) is 0 Å². The number of thioether (sulfide) groups is 1. The molecule has 3 rings (SSSR count). The molecule has 3 aromatic rings. The third-order valence-corrected chi connectivity index (χ3v) is 4.09. The normalized spacial score (nSPS) is 11.1. The molecule has 0 unspecified atom stereocenters. The molecule has 0 aliphatic rings. The molecule has 0 radical (unpaired) electrons. The van der Waals surface area contributed by atoms with Gasteiger partial charge in [-0.15, -0.1) is 0 Å². The molecular weight excluding hydrogens is 310 g/mol. The lowest BCUT2D eigenvalue weighted by atomic mass is 10.2. The van der Waals surface area contributed by atoms with E-state index in [-0.39, 0.29) is 11.9 Å². The molecule has 0 saturated heterocycles. The van der Waals surface area contributed by atoms with Crippen molar-refractivity contribution in [3.8, 4) is 11.6 Å². The maximum absolute atomic E-state index is 11.9. The molecule has 5 nitrogen and oxygen atoms in total. The Morgan fingerprint density at radius 3 is 2.78 bits per heavy atom. The van der Waals surface area contributed by atoms with Crippen LogP contribution >= 0.6 is 11.8 Å². The van der Waals surface area contributed by atoms with Gasteiger partial charge < -0.3 is 9.73 Å². The minimum Gasteiger partial charge on any atom is -0.461 e. The van der Waals surface area contributed by atoms with Gasteiger partial charge in [0, 0.05) is 11.4 Å². The monoisotopic (exact) mass is 327 g/mol. The van der Waals surface area contributed by atoms with Gasteiger partial charge in [0.05, 0.1) is 17.5 Å². The average Bonchev–Trinajstić information content (AvgIpc) is 3.06. The fourth-order valence-corrected chi connectivity index (χ4v) is 3.00. The number of carbonyl (C=O) groups is 1. The first-order chi connectivity index (χ1) is 11.1. The Morgan fingerprint density at radius 1 is 1.22 bits per heavy atom. The summed E-state index contributed by atoms with van der Waals surface area (Å²) >= 11 is 1.41. The third kappa shape index (κ3) is 3.71. The SMILES string of the molecule is CC(C)NC(=O)CSc1nc(-c2ccco2)nc2ccccc12. The van der Waals surface area contributed by atoms with E-state index in [2.05, 4.69) is 15.3 Å². The van der Waals surface area contributed by atoms with Crippen molar-refractivity contribution in [3.05, 3.63) is 42.7 Å². The van der Waals surface area contributed by atoms with Crippen molar-refractivity contribution in [2.24, 2.45) is 0 Å². The number of rotatable bonds is 5. The molecular formula is C17H17N3O2S. The molecule has 0 saturated carbocycles. The van der Waals surface area contributed by atoms with Gasteiger partial charge in [0.1, 0.15) is 5.03 Å². The number of aromatic nitrogens is 2. The summed E-state index contributed by atoms with van der Waals surface area (Å²) in [5, 5.41) is 4.60. The van der Waals surface area contributed by atoms with Gasteiger partial charge in [-0.1, -0.05) is 30.0 Å². The number of benzene rings is 1. The highest BCUT2D eigenvalue weighted by Crippen LogP contribution is 2.28. The first-order valence-corrected chi connectivity index (χ1v) is 8.35. The Kier molecular flexibility index (Phi) is 4.62. The summed E-state index contributed by atoms with van der Waals surface area (Å²) < 4.78 is 5.39. The van der Waals surface area contributed by atoms with Gasteiger partial charge in [-0.05, 0) is 32.0 Å². The molecule has 2 heterocycles. The molecule has 1 N–H and O–H groups in total. The molecule has 23 heavy (non-hydrogen) atoms. The van der Waals surface area contributed by atoms with Crippen LogP contribution in [0.4, 0.5) is 0 Å². The van der Waals surface area contributed by atoms with Gasteiger partial charge in [0.15, 0.2) is 11.6 Å². The van der Waals surface area contributed by atoms with Gasteiger partial charge in [0.2, 0.25) is 5.91 Å². The molecule has 1 aromatic carbocycles. The van der Waals surface area contributed by atoms with Crippen LogP contribution in [0.2, 0.25) is 0 Å². The number of para-hydroxylation sites is 1. The lowest BCUT2D eigenvalue weighted by molar-refractivity contribution is -0.119. The zero-order chi connectivity index (χ0) is 16.2. The van der Waals surface area contributed by atoms with E-state index in [1.165, 1.54) is 11.8 Å². The van der Waals surface area contributed by atoms with Gasteiger partial charge >= 0.3 is 0 Å². The van der Waals surface area contributed by atoms with E-state index >= 15 is 0 Å². The Hall–Kier alpha value is -2.34. The topological polar surface area (TPSA) is 68.0 Å². The van der Waals surface area contributed by atoms with Crippen LogP contribution in [0.25, 0.3) is 22.5 Å². The summed E-state index contributed by atoms with van der Waals surface area (Å²) in [5.41, 5.74) is 0.834. The molecule has 0 bridgehead atoms. The highest BCUT2D eigenvalue weighted by molar-refractivity contribution is 8.00. The predicted molar refractivity (Wildman–Crippen MR) is 91.2 cm³/mol. The zero-order valence-electron chi connectivity index (χ0n) is 12.9. The Labute approximate surface area is 138 Å². The minimum absolute atomic E-state index is 0.00718. The number of nitrogens with one attached hydrogen (secondary N) is 1. The van der Waals surface area contributed by atoms with Gasteiger partial charge in [0.25, 0.3) is 0 Å². The van der Waals surface area contributed by atoms with Gasteiger partial charge in [-0.2, -0.15) is 0 Å². The van der Waals surface area contributed by atoms with Gasteiger partial charge in [-0.25, -0.2) is 9.97 Å². The van der Waals surface area contributed by atoms with Crippen molar-refractivity contribution < 1.29 is 9.21 Å². The lowest BCUT2D eigenvalue weighted by Gasteiger charge is -2.09. The van der Waals surface area contributed by atoms with Crippen LogP contribution in [-0.2, 0) is 4.79 Å². The van der Waals surface area contributed by atoms with Crippen LogP contribution in [0.1, 0.15) is 13.8 Å². The van der Waals surface area contributed by atoms with E-state index in [9.17, 15) is 4.79 Å². The standard InChI is InChI=1S/C17H17N3O2S/c1-11(2)18-15(21)10-23-17-12-6-3-4-7-13(12)19-16(20-17)14-8-5-9-22-14/h3-9,11H,10H2,1-2H3,(H,18,21). The number of carbonyl (C=O) groups excluding carboxylic acids is 1. The van der Waals surface area contributed by atoms with E-state index < -0.39 is 0 Å². The van der Waals surface area contributed by atoms with Crippen LogP contribution in [-0.4, -0.2) is 27.7 Å². The molecule has 1 amide bonds. The van der Waals surface area contributed by atoms with Crippen LogP contribution in [0.5, 0.6) is 0 Å². The molecule has 0 aliphatic heterocycles. The van der Waals surface area contributed by atoms with Crippen LogP contribution in [0.15, 0.2) is 52.1 Å². The Balaban J connectivity index is 1.93. The quantitative estimate of drug-likeness (QED) is 0.574. The summed E-state index contributed by atoms with van der Waals surface area (Å²) in [5.74, 6) is 1.45. The van der Waals surface area contributed by atoms with Crippen LogP contribution in [0.3, 0.4) is 0 Å². The first kappa shape index (κ1) is 15.6. The second kappa shape index (κ2) is 6.83. The summed E-state index contributed by atoms with van der Waals surface area (Å²) in [7, 11) is 0. The van der Waals surface area contributed by atoms with E-state index in [0.717, 1.165) is 15.9 Å². The number of nitrogens with zero attached hydrogens (tertiary/aromatic N) is 2. The summed E-state index contributed by atoms with van der Waals surface area (Å²) in [4.78, 5) is 21.0. The highest BCUT2D eigenvalue weighted by Gasteiger charge is 2.13. The predicted octanol–water partition coefficient (Wildman–Crippen LogP) is 3.51. The van der Waals surface area contributed by atoms with Crippen LogP contribution in [0, 0.1) is 0 Å². The van der Waals surface area contributed by atoms with E-state index in [4.69, 9.17) is 4.42 Å². The number of hydrogen-bond donors (Lipinski definition) is 1. The molecule has 0 aliphatic carbocycles. The van der Waals surface area contributed by atoms with Gasteiger partial charge in [-0.3, -0.25) is 4.79 Å². The summed E-state index contributed by atoms with van der Waals surface area (Å²) in [6.45, 7) is 3.88. The smallest absolute Gasteiger partial charge is 0.230 e. The summed E-state index contributed by atoms with van der Waals surface area (Å²) in [6.07, 6.45) is 1.59. The maximum atomic E-state index is 11.9. The fraction of sp³-hybridized carbons (Fsp3) is 0.235. The van der Waals surface area contributed by atoms with Crippen molar-refractivity contribution in [2.75, 3.05) is 5.75 Å². The minimum atomic E-state index is -0.00718. The highest BCUT2D eigenvalue weighted by atomic mass is 32.2. The van der Waals surface area contributed by atoms with Crippen molar-refractivity contribution in [1.29, 1.82) is 0 Å². The second-order valence-corrected chi connectivity index (χ2v) is 6.32. The van der Waals surface area contributed by atoms with E-state index in [1.807, 2.05) is 44.2 Å². The third-order valence-electron chi connectivity index (χ3n) is 3.10. The largest absolute Gasteiger partial charge is 0.461 e. The molecule has 118 valence electrons. The molecule has 2 aromatic heterocycles. The van der Waals surface area contributed by atoms with E-state index in [1.54, 1.807) is 12.3 Å². The van der Waals surface area contributed by atoms with E-state index in [0.29, 0.717) is 17.3 Å². The van der Waals surface area contributed by atoms with Crippen molar-refractivity contribution in [2.45, 2.75) is 24.9 Å². The zero-order valence-corrected chi connectivity index (χ0v) is 13.8. The Bertz CT molecular complexity index is 816. The lowest BCUT2D eigenvalue weighted by Crippen LogP contribution is -2.31. The second-order valence-electron chi connectivity index (χ2n) is 5.36. The van der Waals surface area contributed by atoms with Crippen LogP contribution < -0.4 is 5.32 Å². The fourth-order valence-electron chi connectivity index (χ4n) is 2.17. The number of fused-ring (bicyclic) bond motifs is 1. The number of furan rings is 1. The Morgan fingerprint density at radius 2 is 2.04 bits per heavy atom. The molecule has 0 fully saturated rings. The van der Waals surface area contributed by atoms with Crippen molar-refractivity contribution in [1.82, 2.24) is 15.3 Å². The molecule has 0 atom stereocenters. The first-order valence-electron chi connectivity index (χ1n) is 7.36. The number of amides is 1. The van der Waals surface area contributed by atoms with Crippen molar-refractivity contribution >= 4 is 28.6 Å².